The minimum Gasteiger partial charge on any atom is -0.423 e. The van der Waals surface area contributed by atoms with Gasteiger partial charge in [0.25, 0.3) is 6.01 Å². The van der Waals surface area contributed by atoms with Crippen LogP contribution in [0.25, 0.3) is 33.4 Å². The van der Waals surface area contributed by atoms with E-state index in [1.807, 2.05) is 74.7 Å². The summed E-state index contributed by atoms with van der Waals surface area (Å²) in [4.78, 5) is 28.5. The minimum atomic E-state index is -0.642. The standard InChI is InChI=1S/C30H35N9O2/c1-17-13-18(2)25-22(14-17)36-29(41-25)35-20-10-8-19(9-11-20)24-23-26(31)33-16-34-27(23)39(37-24)21-7-6-12-38(15-21)28(40)30(3,4)32-5/h8-11,13-14,16,21,32H,6-7,12,15H2,1-5H3,(H,35,36)(H2,31,33,34). The van der Waals surface area contributed by atoms with Crippen LogP contribution in [0.5, 0.6) is 0 Å². The van der Waals surface area contributed by atoms with Gasteiger partial charge < -0.3 is 25.7 Å². The van der Waals surface area contributed by atoms with E-state index in [2.05, 4.69) is 31.7 Å². The Morgan fingerprint density at radius 1 is 1.15 bits per heavy atom. The molecule has 0 saturated carbocycles. The number of likely N-dealkylation sites (N-methyl/N-ethyl adjacent to an activating group) is 1. The van der Waals surface area contributed by atoms with E-state index in [9.17, 15) is 4.79 Å². The maximum atomic E-state index is 13.2. The van der Waals surface area contributed by atoms with Crippen molar-refractivity contribution in [3.8, 4) is 11.3 Å². The Bertz CT molecular complexity index is 1750. The molecule has 1 fully saturated rings. The zero-order chi connectivity index (χ0) is 28.9. The molecule has 6 rings (SSSR count). The normalized spacial score (nSPS) is 16.0. The predicted molar refractivity (Wildman–Crippen MR) is 160 cm³/mol. The summed E-state index contributed by atoms with van der Waals surface area (Å²) in [6.45, 7) is 9.14. The lowest BCUT2D eigenvalue weighted by Gasteiger charge is -2.37. The molecule has 0 aliphatic carbocycles. The van der Waals surface area contributed by atoms with E-state index < -0.39 is 5.54 Å². The minimum absolute atomic E-state index is 0.0295. The number of nitrogen functional groups attached to an aromatic ring is 1. The van der Waals surface area contributed by atoms with Crippen LogP contribution >= 0.6 is 0 Å². The third kappa shape index (κ3) is 4.86. The van der Waals surface area contributed by atoms with Gasteiger partial charge in [-0.1, -0.05) is 18.2 Å². The Balaban J connectivity index is 1.30. The fourth-order valence-corrected chi connectivity index (χ4v) is 5.56. The maximum absolute atomic E-state index is 13.2. The third-order valence-corrected chi connectivity index (χ3v) is 7.94. The summed E-state index contributed by atoms with van der Waals surface area (Å²) in [5, 5.41) is 12.1. The Morgan fingerprint density at radius 3 is 2.68 bits per heavy atom. The van der Waals surface area contributed by atoms with Crippen LogP contribution in [-0.2, 0) is 4.79 Å². The van der Waals surface area contributed by atoms with Crippen molar-refractivity contribution >= 4 is 45.6 Å². The van der Waals surface area contributed by atoms with Gasteiger partial charge >= 0.3 is 0 Å². The molecule has 1 aliphatic heterocycles. The van der Waals surface area contributed by atoms with E-state index in [1.54, 1.807) is 0 Å². The van der Waals surface area contributed by atoms with Gasteiger partial charge in [0.15, 0.2) is 11.2 Å². The Hall–Kier alpha value is -4.51. The van der Waals surface area contributed by atoms with Gasteiger partial charge in [0.05, 0.1) is 17.0 Å². The molecule has 1 amide bonds. The van der Waals surface area contributed by atoms with Crippen molar-refractivity contribution in [1.82, 2.24) is 34.9 Å². The molecule has 1 unspecified atom stereocenters. The summed E-state index contributed by atoms with van der Waals surface area (Å²) in [6.07, 6.45) is 3.23. The summed E-state index contributed by atoms with van der Waals surface area (Å²) in [5.74, 6) is 0.443. The molecule has 4 heterocycles. The molecule has 0 bridgehead atoms. The van der Waals surface area contributed by atoms with E-state index in [1.165, 1.54) is 6.33 Å². The van der Waals surface area contributed by atoms with Crippen molar-refractivity contribution in [2.24, 2.45) is 0 Å². The number of hydrogen-bond donors (Lipinski definition) is 3. The molecule has 4 N–H and O–H groups in total. The number of carbonyl (C=O) groups is 1. The summed E-state index contributed by atoms with van der Waals surface area (Å²) in [5.41, 5.74) is 12.6. The smallest absolute Gasteiger partial charge is 0.300 e. The van der Waals surface area contributed by atoms with Crippen molar-refractivity contribution < 1.29 is 9.21 Å². The van der Waals surface area contributed by atoms with Crippen molar-refractivity contribution in [2.45, 2.75) is 52.1 Å². The van der Waals surface area contributed by atoms with Crippen molar-refractivity contribution in [3.05, 3.63) is 53.9 Å². The number of benzene rings is 2. The Labute approximate surface area is 238 Å². The number of likely N-dealkylation sites (tertiary alicyclic amines) is 1. The Kier molecular flexibility index (Phi) is 6.61. The summed E-state index contributed by atoms with van der Waals surface area (Å²) in [6, 6.07) is 12.4. The highest BCUT2D eigenvalue weighted by molar-refractivity contribution is 5.98. The first-order valence-electron chi connectivity index (χ1n) is 13.9. The van der Waals surface area contributed by atoms with Crippen LogP contribution < -0.4 is 16.4 Å². The molecule has 212 valence electrons. The number of hydrogen-bond acceptors (Lipinski definition) is 9. The number of nitrogens with one attached hydrogen (secondary N) is 2. The SMILES string of the molecule is CNC(C)(C)C(=O)N1CCCC(n2nc(-c3ccc(Nc4nc5cc(C)cc(C)c5o4)cc3)c3c(N)ncnc32)C1. The van der Waals surface area contributed by atoms with Crippen molar-refractivity contribution in [1.29, 1.82) is 0 Å². The molecule has 1 atom stereocenters. The lowest BCUT2D eigenvalue weighted by Crippen LogP contribution is -2.55. The summed E-state index contributed by atoms with van der Waals surface area (Å²) < 4.78 is 7.89. The highest BCUT2D eigenvalue weighted by atomic mass is 16.4. The molecule has 11 nitrogen and oxygen atoms in total. The number of nitrogens with zero attached hydrogens (tertiary/aromatic N) is 6. The fourth-order valence-electron chi connectivity index (χ4n) is 5.56. The monoisotopic (exact) mass is 553 g/mol. The number of carbonyl (C=O) groups excluding carboxylic acids is 1. The average Bonchev–Trinajstić information content (AvgIpc) is 3.55. The summed E-state index contributed by atoms with van der Waals surface area (Å²) in [7, 11) is 1.81. The van der Waals surface area contributed by atoms with Gasteiger partial charge in [-0.15, -0.1) is 0 Å². The molecule has 0 spiro atoms. The number of oxazole rings is 1. The number of amides is 1. The lowest BCUT2D eigenvalue weighted by atomic mass is 9.99. The van der Waals surface area contributed by atoms with Gasteiger partial charge in [-0.2, -0.15) is 10.1 Å². The van der Waals surface area contributed by atoms with Crippen LogP contribution in [0.4, 0.5) is 17.5 Å². The molecular weight excluding hydrogens is 518 g/mol. The number of fused-ring (bicyclic) bond motifs is 2. The second kappa shape index (κ2) is 10.2. The lowest BCUT2D eigenvalue weighted by molar-refractivity contribution is -0.138. The quantitative estimate of drug-likeness (QED) is 0.272. The first kappa shape index (κ1) is 26.7. The van der Waals surface area contributed by atoms with Crippen LogP contribution in [0, 0.1) is 13.8 Å². The number of piperidine rings is 1. The molecule has 0 radical (unpaired) electrons. The molecule has 5 aromatic rings. The molecule has 2 aromatic carbocycles. The molecule has 41 heavy (non-hydrogen) atoms. The number of aryl methyl sites for hydroxylation is 2. The average molecular weight is 554 g/mol. The highest BCUT2D eigenvalue weighted by Gasteiger charge is 2.35. The highest BCUT2D eigenvalue weighted by Crippen LogP contribution is 2.35. The van der Waals surface area contributed by atoms with Gasteiger partial charge in [-0.05, 0) is 76.9 Å². The largest absolute Gasteiger partial charge is 0.423 e. The predicted octanol–water partition coefficient (Wildman–Crippen LogP) is 4.74. The Morgan fingerprint density at radius 2 is 1.93 bits per heavy atom. The number of anilines is 3. The summed E-state index contributed by atoms with van der Waals surface area (Å²) >= 11 is 0. The second-order valence-electron chi connectivity index (χ2n) is 11.3. The van der Waals surface area contributed by atoms with Gasteiger partial charge in [0, 0.05) is 24.3 Å². The van der Waals surface area contributed by atoms with Crippen LogP contribution in [0.15, 0.2) is 47.1 Å². The number of aromatic nitrogens is 5. The topological polar surface area (TPSA) is 140 Å². The van der Waals surface area contributed by atoms with Gasteiger partial charge in [-0.3, -0.25) is 4.79 Å². The van der Waals surface area contributed by atoms with Crippen LogP contribution in [0.2, 0.25) is 0 Å². The molecule has 1 saturated heterocycles. The first-order valence-corrected chi connectivity index (χ1v) is 13.9. The fraction of sp³-hybridized carbons (Fsp3) is 0.367. The van der Waals surface area contributed by atoms with Gasteiger partial charge in [0.1, 0.15) is 23.4 Å². The van der Waals surface area contributed by atoms with Gasteiger partial charge in [-0.25, -0.2) is 14.6 Å². The van der Waals surface area contributed by atoms with E-state index in [0.29, 0.717) is 35.1 Å². The van der Waals surface area contributed by atoms with Crippen molar-refractivity contribution in [3.63, 3.8) is 0 Å². The number of nitrogens with two attached hydrogens (primary N) is 1. The maximum Gasteiger partial charge on any atom is 0.300 e. The second-order valence-corrected chi connectivity index (χ2v) is 11.3. The van der Waals surface area contributed by atoms with Crippen molar-refractivity contribution in [2.75, 3.05) is 31.2 Å². The third-order valence-electron chi connectivity index (χ3n) is 7.94. The number of rotatable bonds is 6. The molecule has 11 heteroatoms. The van der Waals surface area contributed by atoms with Crippen LogP contribution in [0.3, 0.4) is 0 Å². The van der Waals surface area contributed by atoms with E-state index >= 15 is 0 Å². The van der Waals surface area contributed by atoms with E-state index in [0.717, 1.165) is 52.9 Å². The first-order chi connectivity index (χ1) is 19.6. The zero-order valence-corrected chi connectivity index (χ0v) is 24.0. The van der Waals surface area contributed by atoms with E-state index in [4.69, 9.17) is 15.2 Å². The van der Waals surface area contributed by atoms with E-state index in [-0.39, 0.29) is 11.9 Å². The van der Waals surface area contributed by atoms with Crippen LogP contribution in [-0.4, -0.2) is 61.2 Å². The zero-order valence-electron chi connectivity index (χ0n) is 24.0. The molecular formula is C30H35N9O2. The molecule has 1 aliphatic rings. The van der Waals surface area contributed by atoms with Gasteiger partial charge in [0.2, 0.25) is 5.91 Å². The van der Waals surface area contributed by atoms with Crippen LogP contribution in [0.1, 0.15) is 43.9 Å². The molecule has 3 aromatic heterocycles.